The molecule has 1 heterocycles. The third-order valence-electron chi connectivity index (χ3n) is 3.60. The minimum Gasteiger partial charge on any atom is -0.428 e. The lowest BCUT2D eigenvalue weighted by Crippen LogP contribution is -2.51. The number of nitrogens with zero attached hydrogens (tertiary/aromatic N) is 2. The number of rotatable bonds is 3. The van der Waals surface area contributed by atoms with Gasteiger partial charge >= 0.3 is 23.7 Å². The van der Waals surface area contributed by atoms with Gasteiger partial charge in [0.05, 0.1) is 15.0 Å². The molecule has 0 fully saturated rings. The molecule has 0 bridgehead atoms. The molecule has 0 saturated heterocycles. The Morgan fingerprint density at radius 1 is 1.06 bits per heavy atom. The highest BCUT2D eigenvalue weighted by Gasteiger charge is 2.61. The Morgan fingerprint density at radius 2 is 1.58 bits per heavy atom. The summed E-state index contributed by atoms with van der Waals surface area (Å²) in [5, 5.41) is 11.0. The van der Waals surface area contributed by atoms with E-state index in [2.05, 4.69) is 4.99 Å². The molecule has 7 nitrogen and oxygen atoms in total. The normalized spacial score (nSPS) is 15.7. The van der Waals surface area contributed by atoms with Gasteiger partial charge in [0.25, 0.3) is 3.79 Å². The molecule has 2 aromatic rings. The molecule has 0 saturated carbocycles. The molecule has 15 heteroatoms. The highest BCUT2D eigenvalue weighted by molar-refractivity contribution is 6.68. The van der Waals surface area contributed by atoms with Gasteiger partial charge in [-0.2, -0.15) is 18.2 Å². The van der Waals surface area contributed by atoms with Gasteiger partial charge in [0.1, 0.15) is 0 Å². The van der Waals surface area contributed by atoms with Crippen molar-refractivity contribution in [2.75, 3.05) is 0 Å². The van der Waals surface area contributed by atoms with Crippen LogP contribution in [-0.4, -0.2) is 26.7 Å². The van der Waals surface area contributed by atoms with E-state index in [1.165, 1.54) is 12.1 Å². The first-order valence-electron chi connectivity index (χ1n) is 7.75. The van der Waals surface area contributed by atoms with Crippen LogP contribution in [0.1, 0.15) is 0 Å². The molecule has 0 amide bonds. The van der Waals surface area contributed by atoms with E-state index in [0.29, 0.717) is 0 Å². The molecule has 0 aliphatic carbocycles. The smallest absolute Gasteiger partial charge is 0.428 e. The fourth-order valence-electron chi connectivity index (χ4n) is 2.29. The average molecular weight is 540 g/mol. The number of nitro benzene ring substituents is 1. The summed E-state index contributed by atoms with van der Waals surface area (Å²) in [4.78, 5) is 13.4. The predicted octanol–water partition coefficient (Wildman–Crippen LogP) is 6.74. The molecule has 0 N–H and O–H groups in total. The highest BCUT2D eigenvalue weighted by atomic mass is 35.6. The number of ether oxygens (including phenoxy) is 3. The number of fused-ring (bicyclic) bond motifs is 1. The Bertz CT molecular complexity index is 1040. The fraction of sp³-hybridized carbons (Fsp3) is 0.188. The maximum absolute atomic E-state index is 13.7. The number of nitro groups is 1. The van der Waals surface area contributed by atoms with E-state index in [4.69, 9.17) is 72.2 Å². The fourth-order valence-corrected chi connectivity index (χ4v) is 2.96. The van der Waals surface area contributed by atoms with Crippen molar-refractivity contribution in [3.05, 3.63) is 56.6 Å². The molecule has 1 aliphatic heterocycles. The average Bonchev–Trinajstić information content (AvgIpc) is 2.99. The molecule has 0 spiro atoms. The summed E-state index contributed by atoms with van der Waals surface area (Å²) in [5.41, 5.74) is -0.766. The van der Waals surface area contributed by atoms with Crippen molar-refractivity contribution < 1.29 is 32.3 Å². The van der Waals surface area contributed by atoms with Crippen molar-refractivity contribution in [3.8, 4) is 17.2 Å². The zero-order chi connectivity index (χ0) is 23.2. The molecule has 31 heavy (non-hydrogen) atoms. The topological polar surface area (TPSA) is 83.2 Å². The number of benzene rings is 2. The third-order valence-corrected chi connectivity index (χ3v) is 5.04. The SMILES string of the molecule is O=[N+]([O-])c1ccccc1O/C(=N\C1(C(Cl)(Cl)Cl)Oc2cc(Cl)c(Cl)cc2O1)C(F)(F)F. The lowest BCUT2D eigenvalue weighted by atomic mass is 10.3. The van der Waals surface area contributed by atoms with Gasteiger partial charge in [-0.05, 0) is 6.07 Å². The Hall–Kier alpha value is -1.85. The van der Waals surface area contributed by atoms with E-state index in [1.807, 2.05) is 0 Å². The summed E-state index contributed by atoms with van der Waals surface area (Å²) < 4.78 is 53.6. The van der Waals surface area contributed by atoms with Gasteiger partial charge in [-0.1, -0.05) is 70.1 Å². The first-order chi connectivity index (χ1) is 14.2. The van der Waals surface area contributed by atoms with Crippen LogP contribution in [0.25, 0.3) is 0 Å². The standard InChI is InChI=1S/C16H6Cl5F3N2O5/c17-7-5-11-12(6-8(7)18)31-16(30-11,15(19,20)21)25-13(14(22,23)24)29-10-4-2-1-3-9(10)26(27)28/h1-6H/b25-13-. The summed E-state index contributed by atoms with van der Waals surface area (Å²) in [6.45, 7) is 0. The molecule has 2 aromatic carbocycles. The van der Waals surface area contributed by atoms with Gasteiger partial charge in [-0.15, -0.1) is 0 Å². The van der Waals surface area contributed by atoms with Crippen molar-refractivity contribution >= 4 is 69.6 Å². The number of halogens is 8. The van der Waals surface area contributed by atoms with Crippen molar-refractivity contribution in [2.45, 2.75) is 15.9 Å². The Morgan fingerprint density at radius 3 is 2.03 bits per heavy atom. The molecule has 0 unspecified atom stereocenters. The van der Waals surface area contributed by atoms with Crippen molar-refractivity contribution in [3.63, 3.8) is 0 Å². The summed E-state index contributed by atoms with van der Waals surface area (Å²) >= 11 is 29.2. The van der Waals surface area contributed by atoms with Gasteiger partial charge < -0.3 is 14.2 Å². The summed E-state index contributed by atoms with van der Waals surface area (Å²) in [6, 6.07) is 6.52. The second kappa shape index (κ2) is 8.25. The second-order valence-electron chi connectivity index (χ2n) is 5.74. The first kappa shape index (κ1) is 23.8. The van der Waals surface area contributed by atoms with E-state index in [9.17, 15) is 23.3 Å². The minimum atomic E-state index is -5.30. The second-order valence-corrected chi connectivity index (χ2v) is 8.83. The van der Waals surface area contributed by atoms with E-state index >= 15 is 0 Å². The van der Waals surface area contributed by atoms with Crippen LogP contribution in [0.4, 0.5) is 18.9 Å². The summed E-state index contributed by atoms with van der Waals surface area (Å²) in [6.07, 6.45) is -5.30. The Kier molecular flexibility index (Phi) is 6.34. The largest absolute Gasteiger partial charge is 0.468 e. The molecule has 0 aromatic heterocycles. The maximum atomic E-state index is 13.7. The third kappa shape index (κ3) is 4.83. The molecule has 166 valence electrons. The number of hydrogen-bond acceptors (Lipinski definition) is 6. The van der Waals surface area contributed by atoms with E-state index in [1.54, 1.807) is 0 Å². The molecule has 3 rings (SSSR count). The van der Waals surface area contributed by atoms with Crippen molar-refractivity contribution in [1.82, 2.24) is 0 Å². The van der Waals surface area contributed by atoms with E-state index < -0.39 is 38.1 Å². The van der Waals surface area contributed by atoms with Crippen LogP contribution in [0, 0.1) is 10.1 Å². The number of para-hydroxylation sites is 2. The molecule has 1 aliphatic rings. The zero-order valence-corrected chi connectivity index (χ0v) is 18.2. The first-order valence-corrected chi connectivity index (χ1v) is 9.64. The highest BCUT2D eigenvalue weighted by Crippen LogP contribution is 2.52. The minimum absolute atomic E-state index is 0.0275. The monoisotopic (exact) mass is 538 g/mol. The van der Waals surface area contributed by atoms with Crippen LogP contribution >= 0.6 is 58.0 Å². The van der Waals surface area contributed by atoms with Gasteiger partial charge in [-0.3, -0.25) is 10.1 Å². The van der Waals surface area contributed by atoms with Crippen molar-refractivity contribution in [1.29, 1.82) is 0 Å². The Labute approximate surface area is 196 Å². The lowest BCUT2D eigenvalue weighted by molar-refractivity contribution is -0.385. The van der Waals surface area contributed by atoms with Gasteiger partial charge in [0.2, 0.25) is 5.75 Å². The summed E-state index contributed by atoms with van der Waals surface area (Å²) in [5.74, 6) is -6.20. The molecule has 0 radical (unpaired) electrons. The van der Waals surface area contributed by atoms with E-state index in [0.717, 1.165) is 24.3 Å². The Balaban J connectivity index is 2.12. The van der Waals surface area contributed by atoms with Crippen LogP contribution in [0.2, 0.25) is 10.0 Å². The molecular weight excluding hydrogens is 534 g/mol. The van der Waals surface area contributed by atoms with Gasteiger partial charge in [-0.25, -0.2) is 0 Å². The zero-order valence-electron chi connectivity index (χ0n) is 14.4. The molecular formula is C16H6Cl5F3N2O5. The number of aliphatic imine (C=N–C) groups is 1. The van der Waals surface area contributed by atoms with Crippen LogP contribution < -0.4 is 14.2 Å². The quantitative estimate of drug-likeness (QED) is 0.142. The van der Waals surface area contributed by atoms with Gasteiger partial charge in [0, 0.05) is 18.2 Å². The number of hydrogen-bond donors (Lipinski definition) is 0. The van der Waals surface area contributed by atoms with Crippen LogP contribution in [0.3, 0.4) is 0 Å². The van der Waals surface area contributed by atoms with Gasteiger partial charge in [0.15, 0.2) is 11.5 Å². The number of alkyl halides is 6. The van der Waals surface area contributed by atoms with Crippen LogP contribution in [0.5, 0.6) is 17.2 Å². The van der Waals surface area contributed by atoms with Crippen molar-refractivity contribution in [2.24, 2.45) is 4.99 Å². The molecule has 0 atom stereocenters. The maximum Gasteiger partial charge on any atom is 0.468 e. The lowest BCUT2D eigenvalue weighted by Gasteiger charge is -2.30. The summed E-state index contributed by atoms with van der Waals surface area (Å²) in [7, 11) is 0. The van der Waals surface area contributed by atoms with Crippen LogP contribution in [-0.2, 0) is 0 Å². The van der Waals surface area contributed by atoms with Crippen LogP contribution in [0.15, 0.2) is 41.4 Å². The predicted molar refractivity (Wildman–Crippen MR) is 108 cm³/mol. The van der Waals surface area contributed by atoms with E-state index in [-0.39, 0.29) is 21.5 Å².